The van der Waals surface area contributed by atoms with Gasteiger partial charge in [-0.05, 0) is 73.8 Å². The minimum atomic E-state index is -1.20. The molecule has 2 N–H and O–H groups in total. The SMILES string of the molecule is O=C(O)c1nn(C(=O)Nc2ccc(N3CCC3)nc2)c2ccc(-c3cncc(CN4CCCCC4)c3)cc12. The summed E-state index contributed by atoms with van der Waals surface area (Å²) >= 11 is 0. The van der Waals surface area contributed by atoms with Crippen molar-refractivity contribution in [3.05, 3.63) is 66.2 Å². The molecule has 0 radical (unpaired) electrons. The van der Waals surface area contributed by atoms with Crippen LogP contribution in [0.5, 0.6) is 0 Å². The van der Waals surface area contributed by atoms with Crippen LogP contribution in [0.15, 0.2) is 55.0 Å². The largest absolute Gasteiger partial charge is 0.476 e. The number of amides is 1. The van der Waals surface area contributed by atoms with Crippen molar-refractivity contribution in [1.82, 2.24) is 24.6 Å². The molecule has 1 aromatic carbocycles. The first-order valence-corrected chi connectivity index (χ1v) is 13.0. The summed E-state index contributed by atoms with van der Waals surface area (Å²) in [4.78, 5) is 38.5. The molecule has 3 aromatic heterocycles. The maximum Gasteiger partial charge on any atom is 0.357 e. The van der Waals surface area contributed by atoms with Crippen molar-refractivity contribution in [2.75, 3.05) is 36.4 Å². The van der Waals surface area contributed by atoms with Crippen molar-refractivity contribution < 1.29 is 14.7 Å². The van der Waals surface area contributed by atoms with Crippen LogP contribution in [0.4, 0.5) is 16.3 Å². The predicted octanol–water partition coefficient (Wildman–Crippen LogP) is 4.47. The molecule has 5 heterocycles. The Hall–Kier alpha value is -4.31. The molecule has 38 heavy (non-hydrogen) atoms. The molecule has 1 amide bonds. The molecular weight excluding hydrogens is 482 g/mol. The smallest absolute Gasteiger partial charge is 0.357 e. The average Bonchev–Trinajstić information content (AvgIpc) is 3.29. The molecule has 2 aliphatic rings. The molecule has 194 valence electrons. The number of nitrogens with one attached hydrogen (secondary N) is 1. The number of carbonyl (C=O) groups excluding carboxylic acids is 1. The van der Waals surface area contributed by atoms with Crippen molar-refractivity contribution >= 4 is 34.4 Å². The van der Waals surface area contributed by atoms with Crippen LogP contribution in [0.3, 0.4) is 0 Å². The fraction of sp³-hybridized carbons (Fsp3) is 0.321. The maximum atomic E-state index is 13.1. The first-order valence-electron chi connectivity index (χ1n) is 13.0. The van der Waals surface area contributed by atoms with E-state index in [1.165, 1.54) is 19.3 Å². The number of hydrogen-bond acceptors (Lipinski definition) is 7. The van der Waals surface area contributed by atoms with E-state index in [-0.39, 0.29) is 5.69 Å². The number of pyridine rings is 2. The third kappa shape index (κ3) is 4.82. The van der Waals surface area contributed by atoms with E-state index in [9.17, 15) is 14.7 Å². The third-order valence-corrected chi connectivity index (χ3v) is 7.24. The summed E-state index contributed by atoms with van der Waals surface area (Å²) in [5.41, 5.74) is 3.56. The topological polar surface area (TPSA) is 116 Å². The molecule has 4 aromatic rings. The molecule has 2 aliphatic heterocycles. The Labute approximate surface area is 219 Å². The Balaban J connectivity index is 1.26. The summed E-state index contributed by atoms with van der Waals surface area (Å²) in [6.07, 6.45) is 10.1. The number of carboxylic acids is 1. The van der Waals surface area contributed by atoms with Crippen LogP contribution in [0.1, 0.15) is 41.7 Å². The van der Waals surface area contributed by atoms with Crippen LogP contribution >= 0.6 is 0 Å². The van der Waals surface area contributed by atoms with Crippen LogP contribution in [0.2, 0.25) is 0 Å². The lowest BCUT2D eigenvalue weighted by atomic mass is 10.0. The van der Waals surface area contributed by atoms with Gasteiger partial charge < -0.3 is 15.3 Å². The van der Waals surface area contributed by atoms with Gasteiger partial charge in [0.05, 0.1) is 17.4 Å². The van der Waals surface area contributed by atoms with Gasteiger partial charge in [-0.15, -0.1) is 0 Å². The number of carboxylic acid groups (broad SMARTS) is 1. The number of carbonyl (C=O) groups is 2. The molecule has 0 aliphatic carbocycles. The van der Waals surface area contributed by atoms with Gasteiger partial charge in [-0.2, -0.15) is 9.78 Å². The molecule has 10 heteroatoms. The van der Waals surface area contributed by atoms with Gasteiger partial charge in [0.15, 0.2) is 5.69 Å². The van der Waals surface area contributed by atoms with Gasteiger partial charge in [-0.25, -0.2) is 14.6 Å². The van der Waals surface area contributed by atoms with Crippen molar-refractivity contribution in [2.45, 2.75) is 32.2 Å². The normalized spacial score (nSPS) is 15.8. The van der Waals surface area contributed by atoms with Gasteiger partial charge in [0.2, 0.25) is 0 Å². The number of benzene rings is 1. The fourth-order valence-corrected chi connectivity index (χ4v) is 5.09. The monoisotopic (exact) mass is 511 g/mol. The summed E-state index contributed by atoms with van der Waals surface area (Å²) in [7, 11) is 0. The second-order valence-electron chi connectivity index (χ2n) is 9.89. The predicted molar refractivity (Wildman–Crippen MR) is 145 cm³/mol. The Bertz CT molecular complexity index is 1490. The molecule has 6 rings (SSSR count). The van der Waals surface area contributed by atoms with Gasteiger partial charge >= 0.3 is 12.0 Å². The Kier molecular flexibility index (Phi) is 6.47. The van der Waals surface area contributed by atoms with Gasteiger partial charge in [0, 0.05) is 43.0 Å². The van der Waals surface area contributed by atoms with Crippen LogP contribution < -0.4 is 10.2 Å². The van der Waals surface area contributed by atoms with Crippen LogP contribution in [-0.4, -0.2) is 67.9 Å². The van der Waals surface area contributed by atoms with Crippen LogP contribution in [0, 0.1) is 0 Å². The Morgan fingerprint density at radius 2 is 1.74 bits per heavy atom. The van der Waals surface area contributed by atoms with Gasteiger partial charge in [0.25, 0.3) is 0 Å². The number of aromatic nitrogens is 4. The molecular formula is C28H29N7O3. The van der Waals surface area contributed by atoms with E-state index in [2.05, 4.69) is 36.2 Å². The number of rotatable bonds is 6. The summed E-state index contributed by atoms with van der Waals surface area (Å²) in [5.74, 6) is -0.329. The lowest BCUT2D eigenvalue weighted by Crippen LogP contribution is -2.37. The third-order valence-electron chi connectivity index (χ3n) is 7.24. The van der Waals surface area contributed by atoms with Crippen molar-refractivity contribution in [3.63, 3.8) is 0 Å². The molecule has 0 atom stereocenters. The van der Waals surface area contributed by atoms with Crippen molar-refractivity contribution in [1.29, 1.82) is 0 Å². The quantitative estimate of drug-likeness (QED) is 0.390. The summed E-state index contributed by atoms with van der Waals surface area (Å²) in [6, 6.07) is 10.5. The number of nitrogens with zero attached hydrogens (tertiary/aromatic N) is 6. The van der Waals surface area contributed by atoms with E-state index in [1.807, 2.05) is 18.3 Å². The van der Waals surface area contributed by atoms with E-state index in [0.717, 1.165) is 66.3 Å². The fourth-order valence-electron chi connectivity index (χ4n) is 5.09. The molecule has 2 fully saturated rings. The van der Waals surface area contributed by atoms with E-state index in [4.69, 9.17) is 0 Å². The van der Waals surface area contributed by atoms with Crippen LogP contribution in [-0.2, 0) is 6.54 Å². The minimum Gasteiger partial charge on any atom is -0.476 e. The number of anilines is 2. The van der Waals surface area contributed by atoms with Gasteiger partial charge in [0.1, 0.15) is 5.82 Å². The van der Waals surface area contributed by atoms with E-state index >= 15 is 0 Å². The average molecular weight is 512 g/mol. The first kappa shape index (κ1) is 24.1. The Morgan fingerprint density at radius 1 is 0.895 bits per heavy atom. The zero-order chi connectivity index (χ0) is 26.1. The molecule has 10 nitrogen and oxygen atoms in total. The standard InChI is InChI=1S/C28H29N7O3/c36-27(37)26-23-14-20(21-13-19(15-29-16-21)18-33-9-2-1-3-10-33)5-7-24(23)35(32-26)28(38)31-22-6-8-25(30-17-22)34-11-4-12-34/h5-8,13-17H,1-4,9-12,18H2,(H,31,38)(H,36,37). The second-order valence-corrected chi connectivity index (χ2v) is 9.89. The first-order chi connectivity index (χ1) is 18.5. The van der Waals surface area contributed by atoms with Crippen molar-refractivity contribution in [2.24, 2.45) is 0 Å². The number of likely N-dealkylation sites (tertiary alicyclic amines) is 1. The Morgan fingerprint density at radius 3 is 2.45 bits per heavy atom. The molecule has 0 bridgehead atoms. The number of piperidine rings is 1. The summed E-state index contributed by atoms with van der Waals surface area (Å²) in [6.45, 7) is 5.00. The van der Waals surface area contributed by atoms with E-state index in [1.54, 1.807) is 30.6 Å². The number of aromatic carboxylic acids is 1. The van der Waals surface area contributed by atoms with Gasteiger partial charge in [-0.1, -0.05) is 12.5 Å². The second kappa shape index (κ2) is 10.2. The number of fused-ring (bicyclic) bond motifs is 1. The van der Waals surface area contributed by atoms with Gasteiger partial charge in [-0.3, -0.25) is 9.88 Å². The summed E-state index contributed by atoms with van der Waals surface area (Å²) < 4.78 is 1.09. The highest BCUT2D eigenvalue weighted by Crippen LogP contribution is 2.28. The maximum absolute atomic E-state index is 13.1. The van der Waals surface area contributed by atoms with E-state index < -0.39 is 12.0 Å². The lowest BCUT2D eigenvalue weighted by molar-refractivity contribution is 0.0692. The molecule has 0 spiro atoms. The van der Waals surface area contributed by atoms with Crippen molar-refractivity contribution in [3.8, 4) is 11.1 Å². The highest BCUT2D eigenvalue weighted by atomic mass is 16.4. The molecule has 0 saturated carbocycles. The lowest BCUT2D eigenvalue weighted by Gasteiger charge is -2.31. The zero-order valence-electron chi connectivity index (χ0n) is 21.0. The van der Waals surface area contributed by atoms with Crippen LogP contribution in [0.25, 0.3) is 22.0 Å². The van der Waals surface area contributed by atoms with E-state index in [0.29, 0.717) is 16.6 Å². The highest BCUT2D eigenvalue weighted by Gasteiger charge is 2.22. The highest BCUT2D eigenvalue weighted by molar-refractivity contribution is 6.06. The molecule has 2 saturated heterocycles. The summed E-state index contributed by atoms with van der Waals surface area (Å²) in [5, 5.41) is 17.1. The number of hydrogen-bond donors (Lipinski definition) is 2. The zero-order valence-corrected chi connectivity index (χ0v) is 21.0. The minimum absolute atomic E-state index is 0.180. The molecule has 0 unspecified atom stereocenters.